The summed E-state index contributed by atoms with van der Waals surface area (Å²) in [7, 11) is 0. The molecule has 2 N–H and O–H groups in total. The molecular weight excluding hydrogens is 392 g/mol. The van der Waals surface area contributed by atoms with Crippen molar-refractivity contribution in [2.24, 2.45) is 0 Å². The van der Waals surface area contributed by atoms with Gasteiger partial charge in [-0.25, -0.2) is 4.68 Å². The van der Waals surface area contributed by atoms with Gasteiger partial charge >= 0.3 is 0 Å². The fourth-order valence-corrected chi connectivity index (χ4v) is 2.69. The molecule has 3 rings (SSSR count). The van der Waals surface area contributed by atoms with Gasteiger partial charge in [0.2, 0.25) is 5.91 Å². The van der Waals surface area contributed by atoms with Gasteiger partial charge in [0.05, 0.1) is 0 Å². The van der Waals surface area contributed by atoms with Crippen LogP contribution in [0.2, 0.25) is 5.02 Å². The summed E-state index contributed by atoms with van der Waals surface area (Å²) in [6.45, 7) is 3.60. The summed E-state index contributed by atoms with van der Waals surface area (Å²) in [5.74, 6) is -0.922. The minimum atomic E-state index is -0.487. The summed E-state index contributed by atoms with van der Waals surface area (Å²) in [4.78, 5) is 36.7. The molecule has 0 aliphatic rings. The number of aryl methyl sites for hydroxylation is 2. The van der Waals surface area contributed by atoms with Crippen LogP contribution in [0, 0.1) is 13.8 Å². The molecule has 3 aromatic rings. The molecule has 0 aliphatic carbocycles. The van der Waals surface area contributed by atoms with Crippen molar-refractivity contribution in [3.05, 3.63) is 86.8 Å². The van der Waals surface area contributed by atoms with Gasteiger partial charge in [-0.3, -0.25) is 14.4 Å². The van der Waals surface area contributed by atoms with Crippen LogP contribution in [0.3, 0.4) is 0 Å². The van der Waals surface area contributed by atoms with Crippen LogP contribution in [-0.2, 0) is 11.3 Å². The molecule has 0 unspecified atom stereocenters. The summed E-state index contributed by atoms with van der Waals surface area (Å²) in [5.41, 5.74) is 2.86. The molecule has 2 aromatic carbocycles. The second kappa shape index (κ2) is 8.70. The minimum Gasteiger partial charge on any atom is -0.324 e. The molecule has 7 nitrogen and oxygen atoms in total. The Kier molecular flexibility index (Phi) is 6.09. The van der Waals surface area contributed by atoms with Crippen molar-refractivity contribution in [1.29, 1.82) is 0 Å². The van der Waals surface area contributed by atoms with E-state index in [0.29, 0.717) is 16.4 Å². The number of aromatic nitrogens is 2. The monoisotopic (exact) mass is 410 g/mol. The molecular formula is C21H19ClN4O3. The van der Waals surface area contributed by atoms with E-state index in [2.05, 4.69) is 15.7 Å². The van der Waals surface area contributed by atoms with Gasteiger partial charge in [0, 0.05) is 22.5 Å². The van der Waals surface area contributed by atoms with E-state index in [1.807, 2.05) is 26.0 Å². The van der Waals surface area contributed by atoms with Gasteiger partial charge in [0.1, 0.15) is 12.2 Å². The van der Waals surface area contributed by atoms with Gasteiger partial charge in [0.15, 0.2) is 0 Å². The van der Waals surface area contributed by atoms with Crippen LogP contribution in [0.25, 0.3) is 0 Å². The molecule has 0 bridgehead atoms. The highest BCUT2D eigenvalue weighted by atomic mass is 35.5. The van der Waals surface area contributed by atoms with Crippen molar-refractivity contribution in [2.75, 3.05) is 10.6 Å². The Hall–Kier alpha value is -3.45. The van der Waals surface area contributed by atoms with E-state index in [1.54, 1.807) is 30.3 Å². The maximum atomic E-state index is 12.5. The first kappa shape index (κ1) is 20.3. The zero-order chi connectivity index (χ0) is 21.0. The van der Waals surface area contributed by atoms with Crippen LogP contribution in [0.4, 0.5) is 11.4 Å². The van der Waals surface area contributed by atoms with Crippen molar-refractivity contribution in [2.45, 2.75) is 20.4 Å². The topological polar surface area (TPSA) is 93.1 Å². The Labute approximate surface area is 172 Å². The average Bonchev–Trinajstić information content (AvgIpc) is 2.68. The van der Waals surface area contributed by atoms with Crippen molar-refractivity contribution in [1.82, 2.24) is 9.78 Å². The van der Waals surface area contributed by atoms with Gasteiger partial charge in [-0.2, -0.15) is 5.10 Å². The number of hydrogen-bond acceptors (Lipinski definition) is 4. The Bertz CT molecular complexity index is 1120. The largest absolute Gasteiger partial charge is 0.324 e. The number of nitrogens with zero attached hydrogens (tertiary/aromatic N) is 2. The van der Waals surface area contributed by atoms with Crippen molar-refractivity contribution >= 4 is 34.8 Å². The maximum absolute atomic E-state index is 12.5. The first-order chi connectivity index (χ1) is 13.8. The lowest BCUT2D eigenvalue weighted by atomic mass is 10.1. The number of halogens is 1. The molecule has 0 saturated carbocycles. The highest BCUT2D eigenvalue weighted by Crippen LogP contribution is 2.15. The molecule has 29 heavy (non-hydrogen) atoms. The lowest BCUT2D eigenvalue weighted by Gasteiger charge is -2.10. The van der Waals surface area contributed by atoms with Gasteiger partial charge in [-0.05, 0) is 67.4 Å². The summed E-state index contributed by atoms with van der Waals surface area (Å²) in [6, 6.07) is 14.6. The number of rotatable bonds is 5. The quantitative estimate of drug-likeness (QED) is 0.674. The molecule has 0 atom stereocenters. The lowest BCUT2D eigenvalue weighted by Crippen LogP contribution is -2.31. The second-order valence-electron chi connectivity index (χ2n) is 6.52. The van der Waals surface area contributed by atoms with E-state index in [-0.39, 0.29) is 12.2 Å². The summed E-state index contributed by atoms with van der Waals surface area (Å²) >= 11 is 5.81. The normalized spacial score (nSPS) is 10.4. The predicted molar refractivity (Wildman–Crippen MR) is 112 cm³/mol. The molecule has 0 radical (unpaired) electrons. The third-order valence-electron chi connectivity index (χ3n) is 4.29. The van der Waals surface area contributed by atoms with E-state index in [4.69, 9.17) is 11.6 Å². The Balaban J connectivity index is 1.72. The third-order valence-corrected chi connectivity index (χ3v) is 4.54. The summed E-state index contributed by atoms with van der Waals surface area (Å²) in [6.07, 6.45) is 0. The van der Waals surface area contributed by atoms with Crippen LogP contribution in [-0.4, -0.2) is 21.6 Å². The van der Waals surface area contributed by atoms with Crippen LogP contribution in [0.15, 0.2) is 59.4 Å². The summed E-state index contributed by atoms with van der Waals surface area (Å²) in [5, 5.41) is 9.95. The number of carbonyl (C=O) groups is 2. The first-order valence-corrected chi connectivity index (χ1v) is 9.22. The van der Waals surface area contributed by atoms with Crippen molar-refractivity contribution in [3.8, 4) is 0 Å². The van der Waals surface area contributed by atoms with E-state index in [0.717, 1.165) is 15.8 Å². The lowest BCUT2D eigenvalue weighted by molar-refractivity contribution is -0.117. The van der Waals surface area contributed by atoms with Gasteiger partial charge in [0.25, 0.3) is 11.5 Å². The van der Waals surface area contributed by atoms with Crippen molar-refractivity contribution in [3.63, 3.8) is 0 Å². The Morgan fingerprint density at radius 2 is 1.62 bits per heavy atom. The molecule has 0 spiro atoms. The Morgan fingerprint density at radius 3 is 2.31 bits per heavy atom. The maximum Gasteiger partial charge on any atom is 0.276 e. The zero-order valence-corrected chi connectivity index (χ0v) is 16.7. The highest BCUT2D eigenvalue weighted by Gasteiger charge is 2.13. The van der Waals surface area contributed by atoms with E-state index in [1.165, 1.54) is 12.1 Å². The predicted octanol–water partition coefficient (Wildman–Crippen LogP) is 3.40. The Morgan fingerprint density at radius 1 is 0.931 bits per heavy atom. The van der Waals surface area contributed by atoms with Crippen LogP contribution < -0.4 is 16.2 Å². The number of anilines is 2. The number of hydrogen-bond donors (Lipinski definition) is 2. The summed E-state index contributed by atoms with van der Waals surface area (Å²) < 4.78 is 0.945. The van der Waals surface area contributed by atoms with Crippen LogP contribution >= 0.6 is 11.6 Å². The van der Waals surface area contributed by atoms with Crippen molar-refractivity contribution < 1.29 is 9.59 Å². The van der Waals surface area contributed by atoms with Gasteiger partial charge in [-0.15, -0.1) is 0 Å². The smallest absolute Gasteiger partial charge is 0.276 e. The zero-order valence-electron chi connectivity index (χ0n) is 15.9. The fourth-order valence-electron chi connectivity index (χ4n) is 2.57. The average molecular weight is 411 g/mol. The number of nitrogens with one attached hydrogen (secondary N) is 2. The number of amides is 2. The molecule has 0 saturated heterocycles. The molecule has 0 fully saturated rings. The molecule has 1 heterocycles. The minimum absolute atomic E-state index is 0.0297. The molecule has 0 aliphatic heterocycles. The molecule has 148 valence electrons. The van der Waals surface area contributed by atoms with Crippen LogP contribution in [0.1, 0.15) is 21.6 Å². The van der Waals surface area contributed by atoms with Crippen LogP contribution in [0.5, 0.6) is 0 Å². The fraction of sp³-hybridized carbons (Fsp3) is 0.143. The number of benzene rings is 2. The standard InChI is InChI=1S/C21H19ClN4O3/c1-13-3-6-17(11-14(13)2)24-21(29)18-9-10-20(28)26(25-18)12-19(27)23-16-7-4-15(22)5-8-16/h3-11H,12H2,1-2H3,(H,23,27)(H,24,29). The van der Waals surface area contributed by atoms with E-state index in [9.17, 15) is 14.4 Å². The van der Waals surface area contributed by atoms with E-state index >= 15 is 0 Å². The SMILES string of the molecule is Cc1ccc(NC(=O)c2ccc(=O)n(CC(=O)Nc3ccc(Cl)cc3)n2)cc1C. The second-order valence-corrected chi connectivity index (χ2v) is 6.96. The molecule has 8 heteroatoms. The molecule has 2 amide bonds. The number of carbonyl (C=O) groups excluding carboxylic acids is 2. The van der Waals surface area contributed by atoms with Gasteiger partial charge < -0.3 is 10.6 Å². The third kappa shape index (κ3) is 5.30. The highest BCUT2D eigenvalue weighted by molar-refractivity contribution is 6.30. The van der Waals surface area contributed by atoms with E-state index < -0.39 is 17.4 Å². The first-order valence-electron chi connectivity index (χ1n) is 8.84. The van der Waals surface area contributed by atoms with Gasteiger partial charge in [-0.1, -0.05) is 17.7 Å². The molecule has 1 aromatic heterocycles.